The van der Waals surface area contributed by atoms with Crippen LogP contribution in [0, 0.1) is 0 Å². The Bertz CT molecular complexity index is 340. The van der Waals surface area contributed by atoms with Crippen LogP contribution >= 0.6 is 11.3 Å². The largest absolute Gasteiger partial charge is 0.402 e. The van der Waals surface area contributed by atoms with Crippen molar-refractivity contribution in [2.45, 2.75) is 18.8 Å². The number of hydrogen-bond donors (Lipinski definition) is 1. The smallest absolute Gasteiger partial charge is 0.158 e. The lowest BCUT2D eigenvalue weighted by molar-refractivity contribution is -0.115. The van der Waals surface area contributed by atoms with Gasteiger partial charge in [0.05, 0.1) is 0 Å². The third-order valence-corrected chi connectivity index (χ3v) is 3.26. The molecule has 1 atom stereocenters. The van der Waals surface area contributed by atoms with Crippen LogP contribution in [0.2, 0.25) is 0 Å². The predicted octanol–water partition coefficient (Wildman–Crippen LogP) is 2.04. The van der Waals surface area contributed by atoms with Gasteiger partial charge in [-0.25, -0.2) is 0 Å². The molecule has 0 aliphatic heterocycles. The van der Waals surface area contributed by atoms with Gasteiger partial charge in [-0.1, -0.05) is 6.07 Å². The lowest BCUT2D eigenvalue weighted by atomic mass is 9.90. The van der Waals surface area contributed by atoms with Gasteiger partial charge in [0.15, 0.2) is 5.78 Å². The first kappa shape index (κ1) is 8.51. The number of rotatable bonds is 1. The van der Waals surface area contributed by atoms with E-state index in [-0.39, 0.29) is 5.78 Å². The van der Waals surface area contributed by atoms with Crippen molar-refractivity contribution >= 4 is 17.1 Å². The van der Waals surface area contributed by atoms with Crippen LogP contribution in [0.5, 0.6) is 0 Å². The van der Waals surface area contributed by atoms with Crippen molar-refractivity contribution in [3.8, 4) is 0 Å². The van der Waals surface area contributed by atoms with E-state index in [0.29, 0.717) is 12.3 Å². The van der Waals surface area contributed by atoms with Crippen LogP contribution in [0.15, 0.2) is 29.3 Å². The molecule has 2 N–H and O–H groups in total. The van der Waals surface area contributed by atoms with Crippen LogP contribution < -0.4 is 5.73 Å². The maximum absolute atomic E-state index is 11.2. The van der Waals surface area contributed by atoms with Gasteiger partial charge in [0.1, 0.15) is 0 Å². The monoisotopic (exact) mass is 193 g/mol. The lowest BCUT2D eigenvalue weighted by Crippen LogP contribution is -2.15. The first-order valence-electron chi connectivity index (χ1n) is 4.28. The van der Waals surface area contributed by atoms with Gasteiger partial charge < -0.3 is 5.73 Å². The first-order valence-corrected chi connectivity index (χ1v) is 5.16. The Balaban J connectivity index is 2.20. The molecular formula is C10H11NOS. The average molecular weight is 193 g/mol. The quantitative estimate of drug-likeness (QED) is 0.741. The Labute approximate surface area is 81.1 Å². The summed E-state index contributed by atoms with van der Waals surface area (Å²) in [6.45, 7) is 0. The van der Waals surface area contributed by atoms with Gasteiger partial charge in [0.2, 0.25) is 0 Å². The van der Waals surface area contributed by atoms with Gasteiger partial charge >= 0.3 is 0 Å². The second-order valence-electron chi connectivity index (χ2n) is 3.31. The number of carbonyl (C=O) groups excluding carboxylic acids is 1. The fourth-order valence-corrected chi connectivity index (χ4v) is 2.48. The highest BCUT2D eigenvalue weighted by atomic mass is 32.1. The molecule has 13 heavy (non-hydrogen) atoms. The topological polar surface area (TPSA) is 43.1 Å². The molecule has 0 spiro atoms. The molecule has 1 heterocycles. The summed E-state index contributed by atoms with van der Waals surface area (Å²) in [4.78, 5) is 12.5. The second kappa shape index (κ2) is 3.34. The summed E-state index contributed by atoms with van der Waals surface area (Å²) in [5.74, 6) is 0.472. The molecule has 1 unspecified atom stereocenters. The van der Waals surface area contributed by atoms with Gasteiger partial charge in [-0.05, 0) is 23.9 Å². The Kier molecular flexibility index (Phi) is 2.19. The zero-order chi connectivity index (χ0) is 9.26. The van der Waals surface area contributed by atoms with Crippen molar-refractivity contribution in [2.24, 2.45) is 5.73 Å². The van der Waals surface area contributed by atoms with E-state index in [0.717, 1.165) is 12.1 Å². The van der Waals surface area contributed by atoms with E-state index in [2.05, 4.69) is 6.07 Å². The maximum Gasteiger partial charge on any atom is 0.158 e. The standard InChI is InChI=1S/C10H11NOS/c11-8-4-7(5-9(12)6-8)10-2-1-3-13-10/h1-3,6-7H,4-5,11H2. The molecule has 1 aromatic rings. The summed E-state index contributed by atoms with van der Waals surface area (Å²) in [5, 5.41) is 2.04. The van der Waals surface area contributed by atoms with Crippen LogP contribution in [0.25, 0.3) is 0 Å². The fourth-order valence-electron chi connectivity index (χ4n) is 1.65. The fraction of sp³-hybridized carbons (Fsp3) is 0.300. The van der Waals surface area contributed by atoms with Crippen LogP contribution in [0.3, 0.4) is 0 Å². The van der Waals surface area contributed by atoms with Crippen LogP contribution in [0.1, 0.15) is 23.6 Å². The zero-order valence-electron chi connectivity index (χ0n) is 7.19. The van der Waals surface area contributed by atoms with E-state index in [4.69, 9.17) is 5.73 Å². The molecule has 2 rings (SSSR count). The number of carbonyl (C=O) groups is 1. The first-order chi connectivity index (χ1) is 6.25. The van der Waals surface area contributed by atoms with Crippen molar-refractivity contribution in [2.75, 3.05) is 0 Å². The van der Waals surface area contributed by atoms with Crippen LogP contribution in [-0.4, -0.2) is 5.78 Å². The summed E-state index contributed by atoms with van der Waals surface area (Å²) in [7, 11) is 0. The molecule has 1 aliphatic carbocycles. The van der Waals surface area contributed by atoms with E-state index in [9.17, 15) is 4.79 Å². The molecular weight excluding hydrogens is 182 g/mol. The SMILES string of the molecule is NC1=CC(=O)CC(c2cccs2)C1. The van der Waals surface area contributed by atoms with Gasteiger partial charge in [-0.2, -0.15) is 0 Å². The summed E-state index contributed by atoms with van der Waals surface area (Å²) in [6, 6.07) is 4.08. The summed E-state index contributed by atoms with van der Waals surface area (Å²) >= 11 is 1.70. The minimum Gasteiger partial charge on any atom is -0.402 e. The van der Waals surface area contributed by atoms with E-state index in [1.807, 2.05) is 11.4 Å². The van der Waals surface area contributed by atoms with E-state index < -0.39 is 0 Å². The van der Waals surface area contributed by atoms with Crippen molar-refractivity contribution < 1.29 is 4.79 Å². The molecule has 1 aromatic heterocycles. The normalized spacial score (nSPS) is 22.9. The predicted molar refractivity (Wildman–Crippen MR) is 53.6 cm³/mol. The average Bonchev–Trinajstić information content (AvgIpc) is 2.53. The van der Waals surface area contributed by atoms with Crippen LogP contribution in [0.4, 0.5) is 0 Å². The molecule has 0 amide bonds. The number of nitrogens with two attached hydrogens (primary N) is 1. The van der Waals surface area contributed by atoms with Crippen molar-refractivity contribution in [1.29, 1.82) is 0 Å². The van der Waals surface area contributed by atoms with E-state index in [1.165, 1.54) is 4.88 Å². The number of thiophene rings is 1. The third-order valence-electron chi connectivity index (χ3n) is 2.22. The van der Waals surface area contributed by atoms with Crippen LogP contribution in [-0.2, 0) is 4.79 Å². The minimum atomic E-state index is 0.155. The highest BCUT2D eigenvalue weighted by Gasteiger charge is 2.21. The molecule has 0 saturated heterocycles. The highest BCUT2D eigenvalue weighted by Crippen LogP contribution is 2.32. The molecule has 1 aliphatic rings. The van der Waals surface area contributed by atoms with Crippen molar-refractivity contribution in [3.05, 3.63) is 34.2 Å². The Morgan fingerprint density at radius 3 is 2.92 bits per heavy atom. The Morgan fingerprint density at radius 1 is 1.46 bits per heavy atom. The number of allylic oxidation sites excluding steroid dienone is 2. The summed E-state index contributed by atoms with van der Waals surface area (Å²) < 4.78 is 0. The summed E-state index contributed by atoms with van der Waals surface area (Å²) in [5.41, 5.74) is 6.38. The molecule has 0 fully saturated rings. The Morgan fingerprint density at radius 2 is 2.31 bits per heavy atom. The Hall–Kier alpha value is -1.09. The molecule has 2 nitrogen and oxygen atoms in total. The van der Waals surface area contributed by atoms with Crippen molar-refractivity contribution in [1.82, 2.24) is 0 Å². The molecule has 3 heteroatoms. The third kappa shape index (κ3) is 1.80. The molecule has 0 aromatic carbocycles. The van der Waals surface area contributed by atoms with Gasteiger partial charge in [-0.15, -0.1) is 11.3 Å². The summed E-state index contributed by atoms with van der Waals surface area (Å²) in [6.07, 6.45) is 3.00. The zero-order valence-corrected chi connectivity index (χ0v) is 8.01. The molecule has 0 radical (unpaired) electrons. The highest BCUT2D eigenvalue weighted by molar-refractivity contribution is 7.10. The number of ketones is 1. The maximum atomic E-state index is 11.2. The second-order valence-corrected chi connectivity index (χ2v) is 4.29. The lowest BCUT2D eigenvalue weighted by Gasteiger charge is -2.18. The van der Waals surface area contributed by atoms with E-state index >= 15 is 0 Å². The molecule has 68 valence electrons. The van der Waals surface area contributed by atoms with Gasteiger partial charge in [-0.3, -0.25) is 4.79 Å². The minimum absolute atomic E-state index is 0.155. The van der Waals surface area contributed by atoms with Crippen molar-refractivity contribution in [3.63, 3.8) is 0 Å². The van der Waals surface area contributed by atoms with Gasteiger partial charge in [0, 0.05) is 22.9 Å². The molecule has 0 bridgehead atoms. The molecule has 0 saturated carbocycles. The number of hydrogen-bond acceptors (Lipinski definition) is 3. The van der Waals surface area contributed by atoms with Gasteiger partial charge in [0.25, 0.3) is 0 Å². The van der Waals surface area contributed by atoms with E-state index in [1.54, 1.807) is 17.4 Å².